The lowest BCUT2D eigenvalue weighted by Crippen LogP contribution is -2.52. The molecule has 3 atom stereocenters. The second-order valence-electron chi connectivity index (χ2n) is 11.4. The Bertz CT molecular complexity index is 1450. The quantitative estimate of drug-likeness (QED) is 0.164. The third kappa shape index (κ3) is 8.31. The summed E-state index contributed by atoms with van der Waals surface area (Å²) in [5, 5.41) is 8.64. The van der Waals surface area contributed by atoms with Crippen LogP contribution in [0.1, 0.15) is 65.1 Å². The number of nitrogens with one attached hydrogen (secondary N) is 1. The van der Waals surface area contributed by atoms with Crippen molar-refractivity contribution in [1.82, 2.24) is 25.3 Å². The molecule has 1 aliphatic rings. The number of carbonyl (C=O) groups excluding carboxylic acids is 3. The third-order valence-corrected chi connectivity index (χ3v) is 7.71. The number of alkyl carbamates (subject to hydrolysis) is 1. The monoisotopic (exact) mass is 613 g/mol. The number of fused-ring (bicyclic) bond motifs is 1. The Labute approximate surface area is 254 Å². The zero-order valence-electron chi connectivity index (χ0n) is 25.3. The van der Waals surface area contributed by atoms with Crippen molar-refractivity contribution in [2.24, 2.45) is 0 Å². The van der Waals surface area contributed by atoms with E-state index in [4.69, 9.17) is 18.7 Å². The van der Waals surface area contributed by atoms with E-state index >= 15 is 0 Å². The Hall–Kier alpha value is -4.00. The standard InChI is InChI=1S/C30H39N5O7S/c1-7-8-9-10-11-12-21(32-29(38)41-30(3,4)5)27(36)35-17-19(16-23(35)28(37)39-6)40-26-24-20(13-14-43-24)31-25(33-26)22-15-18(2)42-34-22/h7,13-15,19,21,23H,1,8-12,16-17H2,2-6H3,(H,32,38)/t19-,21+,23+/m1/s1. The van der Waals surface area contributed by atoms with Gasteiger partial charge in [0.1, 0.15) is 34.2 Å². The summed E-state index contributed by atoms with van der Waals surface area (Å²) in [6.07, 6.45) is 4.49. The molecular weight excluding hydrogens is 574 g/mol. The Morgan fingerprint density at radius 3 is 2.72 bits per heavy atom. The molecule has 0 radical (unpaired) electrons. The van der Waals surface area contributed by atoms with Crippen LogP contribution in [0.15, 0.2) is 34.7 Å². The van der Waals surface area contributed by atoms with Crippen LogP contribution in [0.3, 0.4) is 0 Å². The molecule has 13 heteroatoms. The fourth-order valence-corrected chi connectivity index (χ4v) is 5.63. The summed E-state index contributed by atoms with van der Waals surface area (Å²) >= 11 is 1.42. The van der Waals surface area contributed by atoms with E-state index in [2.05, 4.69) is 27.0 Å². The van der Waals surface area contributed by atoms with Crippen LogP contribution in [0.25, 0.3) is 21.7 Å². The number of likely N-dealkylation sites (tertiary alicyclic amines) is 1. The van der Waals surface area contributed by atoms with Gasteiger partial charge in [0.15, 0.2) is 11.5 Å². The van der Waals surface area contributed by atoms with Gasteiger partial charge in [-0.05, 0) is 58.4 Å². The molecule has 4 rings (SSSR count). The number of esters is 1. The lowest BCUT2D eigenvalue weighted by atomic mass is 10.1. The van der Waals surface area contributed by atoms with Crippen molar-refractivity contribution in [1.29, 1.82) is 0 Å². The number of rotatable bonds is 12. The fourth-order valence-electron chi connectivity index (χ4n) is 4.87. The highest BCUT2D eigenvalue weighted by Gasteiger charge is 2.44. The summed E-state index contributed by atoms with van der Waals surface area (Å²) in [6, 6.07) is 1.80. The largest absolute Gasteiger partial charge is 0.471 e. The number of nitrogens with zero attached hydrogens (tertiary/aromatic N) is 4. The van der Waals surface area contributed by atoms with Gasteiger partial charge in [-0.2, -0.15) is 4.98 Å². The smallest absolute Gasteiger partial charge is 0.408 e. The third-order valence-electron chi connectivity index (χ3n) is 6.82. The molecule has 0 spiro atoms. The van der Waals surface area contributed by atoms with Gasteiger partial charge in [0.25, 0.3) is 0 Å². The Morgan fingerprint density at radius 1 is 1.26 bits per heavy atom. The summed E-state index contributed by atoms with van der Waals surface area (Å²) in [4.78, 5) is 50.1. The lowest BCUT2D eigenvalue weighted by Gasteiger charge is -2.29. The number of allylic oxidation sites excluding steroid dienone is 1. The summed E-state index contributed by atoms with van der Waals surface area (Å²) in [5.41, 5.74) is 0.409. The number of unbranched alkanes of at least 4 members (excludes halogenated alkanes) is 3. The number of aryl methyl sites for hydroxylation is 1. The maximum absolute atomic E-state index is 13.9. The van der Waals surface area contributed by atoms with Crippen LogP contribution in [-0.4, -0.2) is 75.4 Å². The molecule has 0 bridgehead atoms. The summed E-state index contributed by atoms with van der Waals surface area (Å²) in [7, 11) is 1.28. The van der Waals surface area contributed by atoms with E-state index in [-0.39, 0.29) is 13.0 Å². The van der Waals surface area contributed by atoms with Crippen LogP contribution in [-0.2, 0) is 19.1 Å². The second kappa shape index (κ2) is 14.0. The normalized spacial score (nSPS) is 17.5. The highest BCUT2D eigenvalue weighted by atomic mass is 32.1. The molecule has 2 amide bonds. The van der Waals surface area contributed by atoms with Gasteiger partial charge in [0.2, 0.25) is 11.8 Å². The van der Waals surface area contributed by atoms with Crippen LogP contribution in [0, 0.1) is 6.92 Å². The number of amides is 2. The van der Waals surface area contributed by atoms with E-state index in [0.717, 1.165) is 24.0 Å². The maximum atomic E-state index is 13.9. The molecule has 1 fully saturated rings. The molecule has 1 aliphatic heterocycles. The SMILES string of the molecule is C=CCCCCC[C@H](NC(=O)OC(C)(C)C)C(=O)N1C[C@H](Oc2nc(-c3cc(C)on3)nc3ccsc23)C[C@H]1C(=O)OC. The first kappa shape index (κ1) is 31.9. The molecule has 4 heterocycles. The number of hydrogen-bond donors (Lipinski definition) is 1. The number of thiophene rings is 1. The van der Waals surface area contributed by atoms with Crippen molar-refractivity contribution in [3.63, 3.8) is 0 Å². The first-order valence-corrected chi connectivity index (χ1v) is 15.2. The minimum atomic E-state index is -0.899. The van der Waals surface area contributed by atoms with Gasteiger partial charge < -0.3 is 29.0 Å². The molecular formula is C30H39N5O7S. The average Bonchev–Trinajstić information content (AvgIpc) is 3.70. The second-order valence-corrected chi connectivity index (χ2v) is 12.4. The van der Waals surface area contributed by atoms with Gasteiger partial charge in [-0.1, -0.05) is 24.1 Å². The van der Waals surface area contributed by atoms with Gasteiger partial charge in [-0.15, -0.1) is 17.9 Å². The van der Waals surface area contributed by atoms with Crippen molar-refractivity contribution in [2.75, 3.05) is 13.7 Å². The van der Waals surface area contributed by atoms with Gasteiger partial charge in [0.05, 0.1) is 19.2 Å². The summed E-state index contributed by atoms with van der Waals surface area (Å²) < 4.78 is 22.8. The Kier molecular flexibility index (Phi) is 10.4. The van der Waals surface area contributed by atoms with Crippen molar-refractivity contribution in [2.45, 2.75) is 90.0 Å². The first-order chi connectivity index (χ1) is 20.5. The predicted molar refractivity (Wildman–Crippen MR) is 161 cm³/mol. The van der Waals surface area contributed by atoms with E-state index in [1.54, 1.807) is 33.8 Å². The Balaban J connectivity index is 1.56. The highest BCUT2D eigenvalue weighted by molar-refractivity contribution is 7.17. The first-order valence-electron chi connectivity index (χ1n) is 14.3. The lowest BCUT2D eigenvalue weighted by molar-refractivity contribution is -0.151. The minimum absolute atomic E-state index is 0.0941. The number of aromatic nitrogens is 3. The van der Waals surface area contributed by atoms with E-state index in [1.807, 2.05) is 17.5 Å². The molecule has 1 N–H and O–H groups in total. The number of methoxy groups -OCH3 is 1. The van der Waals surface area contributed by atoms with E-state index in [1.165, 1.54) is 23.3 Å². The molecule has 43 heavy (non-hydrogen) atoms. The average molecular weight is 614 g/mol. The van der Waals surface area contributed by atoms with E-state index in [0.29, 0.717) is 41.5 Å². The van der Waals surface area contributed by atoms with Crippen molar-refractivity contribution < 1.29 is 33.1 Å². The van der Waals surface area contributed by atoms with Gasteiger partial charge >= 0.3 is 12.1 Å². The number of hydrogen-bond acceptors (Lipinski definition) is 11. The molecule has 1 saturated heterocycles. The van der Waals surface area contributed by atoms with Gasteiger partial charge in [-0.25, -0.2) is 14.6 Å². The molecule has 3 aromatic heterocycles. The van der Waals surface area contributed by atoms with Crippen molar-refractivity contribution in [3.05, 3.63) is 35.9 Å². The predicted octanol–water partition coefficient (Wildman–Crippen LogP) is 5.21. The zero-order chi connectivity index (χ0) is 31.1. The van der Waals surface area contributed by atoms with Gasteiger partial charge in [0, 0.05) is 12.5 Å². The van der Waals surface area contributed by atoms with E-state index in [9.17, 15) is 14.4 Å². The molecule has 0 aliphatic carbocycles. The van der Waals surface area contributed by atoms with Crippen LogP contribution < -0.4 is 10.1 Å². The Morgan fingerprint density at radius 2 is 2.05 bits per heavy atom. The van der Waals surface area contributed by atoms with Crippen LogP contribution in [0.5, 0.6) is 5.88 Å². The number of ether oxygens (including phenoxy) is 3. The number of carbonyl (C=O) groups is 3. The molecule has 12 nitrogen and oxygen atoms in total. The topological polar surface area (TPSA) is 146 Å². The van der Waals surface area contributed by atoms with Gasteiger partial charge in [-0.3, -0.25) is 4.79 Å². The van der Waals surface area contributed by atoms with Crippen LogP contribution in [0.4, 0.5) is 4.79 Å². The van der Waals surface area contributed by atoms with Crippen molar-refractivity contribution >= 4 is 39.5 Å². The summed E-state index contributed by atoms with van der Waals surface area (Å²) in [6.45, 7) is 10.9. The van der Waals surface area contributed by atoms with Crippen LogP contribution >= 0.6 is 11.3 Å². The van der Waals surface area contributed by atoms with E-state index < -0.39 is 41.8 Å². The molecule has 0 saturated carbocycles. The molecule has 0 unspecified atom stereocenters. The molecule has 3 aromatic rings. The van der Waals surface area contributed by atoms with Crippen molar-refractivity contribution in [3.8, 4) is 17.4 Å². The minimum Gasteiger partial charge on any atom is -0.471 e. The highest BCUT2D eigenvalue weighted by Crippen LogP contribution is 2.33. The zero-order valence-corrected chi connectivity index (χ0v) is 26.1. The maximum Gasteiger partial charge on any atom is 0.408 e. The molecule has 0 aromatic carbocycles. The summed E-state index contributed by atoms with van der Waals surface area (Å²) in [5.74, 6) is 0.311. The van der Waals surface area contributed by atoms with Crippen LogP contribution in [0.2, 0.25) is 0 Å². The molecule has 232 valence electrons. The fraction of sp³-hybridized carbons (Fsp3) is 0.533.